The van der Waals surface area contributed by atoms with E-state index < -0.39 is 17.6 Å². The molecule has 1 aromatic carbocycles. The fourth-order valence-electron chi connectivity index (χ4n) is 1.77. The highest BCUT2D eigenvalue weighted by Crippen LogP contribution is 2.32. The quantitative estimate of drug-likeness (QED) is 0.298. The third-order valence-electron chi connectivity index (χ3n) is 3.03. The highest BCUT2D eigenvalue weighted by molar-refractivity contribution is 14.0. The molecule has 1 aromatic rings. The Kier molecular flexibility index (Phi) is 9.75. The molecule has 0 saturated carbocycles. The highest BCUT2D eigenvalue weighted by Gasteiger charge is 2.33. The van der Waals surface area contributed by atoms with E-state index in [1.54, 1.807) is 21.0 Å². The highest BCUT2D eigenvalue weighted by atomic mass is 127. The molecule has 0 bridgehead atoms. The van der Waals surface area contributed by atoms with Crippen molar-refractivity contribution in [3.63, 3.8) is 0 Å². The summed E-state index contributed by atoms with van der Waals surface area (Å²) in [6.07, 6.45) is -4.67. The van der Waals surface area contributed by atoms with Crippen molar-refractivity contribution in [2.75, 3.05) is 27.2 Å². The minimum Gasteiger partial charge on any atom is -0.357 e. The smallest absolute Gasteiger partial charge is 0.357 e. The van der Waals surface area contributed by atoms with Crippen LogP contribution in [0.5, 0.6) is 0 Å². The number of likely N-dealkylation sites (N-methyl/N-ethyl adjacent to an activating group) is 1. The van der Waals surface area contributed by atoms with Crippen LogP contribution in [0.25, 0.3) is 0 Å². The van der Waals surface area contributed by atoms with Gasteiger partial charge in [0.05, 0.1) is 18.7 Å². The van der Waals surface area contributed by atoms with Gasteiger partial charge in [-0.15, -0.1) is 24.0 Å². The maximum atomic E-state index is 13.1. The van der Waals surface area contributed by atoms with Gasteiger partial charge >= 0.3 is 6.18 Å². The van der Waals surface area contributed by atoms with E-state index in [1.807, 2.05) is 0 Å². The molecule has 0 heterocycles. The molecule has 0 aliphatic rings. The molecule has 0 aromatic heterocycles. The molecule has 0 radical (unpaired) electrons. The van der Waals surface area contributed by atoms with Gasteiger partial charge in [0.2, 0.25) is 5.91 Å². The topological polar surface area (TPSA) is 56.7 Å². The lowest BCUT2D eigenvalue weighted by molar-refractivity contribution is -0.138. The van der Waals surface area contributed by atoms with E-state index in [0.29, 0.717) is 12.6 Å². The molecular formula is C15H21F4IN4O. The van der Waals surface area contributed by atoms with Gasteiger partial charge in [0, 0.05) is 20.6 Å². The molecule has 5 nitrogen and oxygen atoms in total. The molecular weight excluding hydrogens is 455 g/mol. The molecule has 10 heteroatoms. The Labute approximate surface area is 160 Å². The number of halogens is 5. The lowest BCUT2D eigenvalue weighted by atomic mass is 10.1. The van der Waals surface area contributed by atoms with Gasteiger partial charge in [-0.05, 0) is 24.6 Å². The van der Waals surface area contributed by atoms with Crippen LogP contribution < -0.4 is 10.6 Å². The van der Waals surface area contributed by atoms with Gasteiger partial charge in [-0.3, -0.25) is 4.79 Å². The van der Waals surface area contributed by atoms with Crippen molar-refractivity contribution >= 4 is 35.8 Å². The van der Waals surface area contributed by atoms with E-state index in [4.69, 9.17) is 0 Å². The first-order valence-electron chi connectivity index (χ1n) is 7.23. The van der Waals surface area contributed by atoms with Crippen LogP contribution in [0.3, 0.4) is 0 Å². The van der Waals surface area contributed by atoms with Crippen LogP contribution in [-0.4, -0.2) is 44.0 Å². The molecule has 25 heavy (non-hydrogen) atoms. The van der Waals surface area contributed by atoms with Gasteiger partial charge in [0.15, 0.2) is 5.96 Å². The summed E-state index contributed by atoms with van der Waals surface area (Å²) in [4.78, 5) is 16.9. The average molecular weight is 476 g/mol. The zero-order valence-corrected chi connectivity index (χ0v) is 16.4. The fourth-order valence-corrected chi connectivity index (χ4v) is 1.77. The number of benzene rings is 1. The van der Waals surface area contributed by atoms with E-state index in [0.717, 1.165) is 12.1 Å². The van der Waals surface area contributed by atoms with Gasteiger partial charge in [-0.25, -0.2) is 9.38 Å². The van der Waals surface area contributed by atoms with E-state index in [2.05, 4.69) is 15.6 Å². The molecule has 1 rings (SSSR count). The number of carbonyl (C=O) groups is 1. The minimum absolute atomic E-state index is 0. The lowest BCUT2D eigenvalue weighted by Gasteiger charge is -2.15. The third kappa shape index (κ3) is 7.88. The maximum absolute atomic E-state index is 13.1. The van der Waals surface area contributed by atoms with Crippen molar-refractivity contribution in [1.82, 2.24) is 15.5 Å². The number of rotatable bonds is 5. The van der Waals surface area contributed by atoms with Gasteiger partial charge in [-0.2, -0.15) is 13.2 Å². The Morgan fingerprint density at radius 1 is 1.24 bits per heavy atom. The Morgan fingerprint density at radius 2 is 1.88 bits per heavy atom. The standard InChI is InChI=1S/C15H20F4N4O.HI/c1-4-20-14(22-9-13(24)23(2)3)21-8-10-5-6-11(16)7-12(10)15(17,18)19;/h5-7H,4,8-9H2,1-3H3,(H2,20,21,22);1H. The molecule has 0 saturated heterocycles. The molecule has 0 spiro atoms. The van der Waals surface area contributed by atoms with E-state index in [1.165, 1.54) is 4.90 Å². The Bertz CT molecular complexity index is 606. The predicted molar refractivity (Wildman–Crippen MR) is 98.3 cm³/mol. The second-order valence-electron chi connectivity index (χ2n) is 5.14. The summed E-state index contributed by atoms with van der Waals surface area (Å²) in [7, 11) is 3.17. The first kappa shape index (κ1) is 23.4. The van der Waals surface area contributed by atoms with E-state index in [-0.39, 0.29) is 54.5 Å². The number of nitrogens with one attached hydrogen (secondary N) is 2. The molecule has 0 aliphatic carbocycles. The average Bonchev–Trinajstić information content (AvgIpc) is 2.49. The molecule has 0 fully saturated rings. The zero-order valence-electron chi connectivity index (χ0n) is 14.1. The lowest BCUT2D eigenvalue weighted by Crippen LogP contribution is -2.42. The normalized spacial score (nSPS) is 11.6. The number of alkyl halides is 3. The first-order chi connectivity index (χ1) is 11.1. The number of carbonyl (C=O) groups excluding carboxylic acids is 1. The largest absolute Gasteiger partial charge is 0.416 e. The second-order valence-corrected chi connectivity index (χ2v) is 5.14. The van der Waals surface area contributed by atoms with Gasteiger partial charge < -0.3 is 15.5 Å². The SMILES string of the molecule is CCNC(=NCc1ccc(F)cc1C(F)(F)F)NCC(=O)N(C)C.I. The minimum atomic E-state index is -4.67. The van der Waals surface area contributed by atoms with Crippen molar-refractivity contribution in [2.24, 2.45) is 4.99 Å². The van der Waals surface area contributed by atoms with Crippen LogP contribution >= 0.6 is 24.0 Å². The number of amides is 1. The number of aliphatic imine (C=N–C) groups is 1. The molecule has 0 unspecified atom stereocenters. The molecule has 0 atom stereocenters. The molecule has 0 aliphatic heterocycles. The van der Waals surface area contributed by atoms with Crippen LogP contribution in [0.2, 0.25) is 0 Å². The van der Waals surface area contributed by atoms with Crippen LogP contribution in [0.15, 0.2) is 23.2 Å². The van der Waals surface area contributed by atoms with Crippen LogP contribution in [0.1, 0.15) is 18.1 Å². The molecule has 142 valence electrons. The summed E-state index contributed by atoms with van der Waals surface area (Å²) in [5.41, 5.74) is -1.22. The summed E-state index contributed by atoms with van der Waals surface area (Å²) in [5, 5.41) is 5.56. The van der Waals surface area contributed by atoms with Crippen LogP contribution in [0.4, 0.5) is 17.6 Å². The van der Waals surface area contributed by atoms with E-state index in [9.17, 15) is 22.4 Å². The Morgan fingerprint density at radius 3 is 2.40 bits per heavy atom. The van der Waals surface area contributed by atoms with Gasteiger partial charge in [-0.1, -0.05) is 6.07 Å². The van der Waals surface area contributed by atoms with Crippen molar-refractivity contribution < 1.29 is 22.4 Å². The Hall–Kier alpha value is -1.59. The van der Waals surface area contributed by atoms with Crippen molar-refractivity contribution in [1.29, 1.82) is 0 Å². The fraction of sp³-hybridized carbons (Fsp3) is 0.467. The first-order valence-corrected chi connectivity index (χ1v) is 7.23. The summed E-state index contributed by atoms with van der Waals surface area (Å²) >= 11 is 0. The zero-order chi connectivity index (χ0) is 18.3. The van der Waals surface area contributed by atoms with Crippen LogP contribution in [-0.2, 0) is 17.5 Å². The monoisotopic (exact) mass is 476 g/mol. The molecule has 1 amide bonds. The predicted octanol–water partition coefficient (Wildman–Crippen LogP) is 2.61. The number of hydrogen-bond acceptors (Lipinski definition) is 2. The number of nitrogens with zero attached hydrogens (tertiary/aromatic N) is 2. The second kappa shape index (κ2) is 10.4. The number of hydrogen-bond donors (Lipinski definition) is 2. The van der Waals surface area contributed by atoms with E-state index >= 15 is 0 Å². The summed E-state index contributed by atoms with van der Waals surface area (Å²) in [6.45, 7) is 1.90. The van der Waals surface area contributed by atoms with Crippen molar-refractivity contribution in [2.45, 2.75) is 19.6 Å². The summed E-state index contributed by atoms with van der Waals surface area (Å²) in [6, 6.07) is 2.45. The maximum Gasteiger partial charge on any atom is 0.416 e. The summed E-state index contributed by atoms with van der Waals surface area (Å²) in [5.74, 6) is -0.972. The van der Waals surface area contributed by atoms with Gasteiger partial charge in [0.1, 0.15) is 5.82 Å². The number of guanidine groups is 1. The third-order valence-corrected chi connectivity index (χ3v) is 3.03. The Balaban J connectivity index is 0.00000576. The molecule has 2 N–H and O–H groups in total. The van der Waals surface area contributed by atoms with Crippen molar-refractivity contribution in [3.05, 3.63) is 35.1 Å². The van der Waals surface area contributed by atoms with Gasteiger partial charge in [0.25, 0.3) is 0 Å². The summed E-state index contributed by atoms with van der Waals surface area (Å²) < 4.78 is 51.9. The van der Waals surface area contributed by atoms with Crippen molar-refractivity contribution in [3.8, 4) is 0 Å². The van der Waals surface area contributed by atoms with Crippen LogP contribution in [0, 0.1) is 5.82 Å².